The lowest BCUT2D eigenvalue weighted by atomic mass is 9.99. The summed E-state index contributed by atoms with van der Waals surface area (Å²) in [4.78, 5) is 31.7. The van der Waals surface area contributed by atoms with Crippen LogP contribution in [0.5, 0.6) is 5.75 Å². The number of rotatable bonds is 6. The second-order valence-electron chi connectivity index (χ2n) is 8.40. The molecule has 2 aromatic carbocycles. The molecule has 1 atom stereocenters. The summed E-state index contributed by atoms with van der Waals surface area (Å²) in [6.07, 6.45) is 6.63. The molecule has 1 aliphatic rings. The second-order valence-corrected chi connectivity index (χ2v) is 8.40. The Hall–Kier alpha value is -3.97. The Bertz CT molecular complexity index is 1550. The smallest absolute Gasteiger partial charge is 0.344 e. The van der Waals surface area contributed by atoms with Crippen LogP contribution in [0.3, 0.4) is 0 Å². The van der Waals surface area contributed by atoms with Crippen molar-refractivity contribution in [1.82, 2.24) is 4.90 Å². The molecule has 0 saturated carbocycles. The van der Waals surface area contributed by atoms with Crippen molar-refractivity contribution in [1.29, 1.82) is 0 Å². The molecule has 1 N–H and O–H groups in total. The molecule has 7 heteroatoms. The van der Waals surface area contributed by atoms with Crippen LogP contribution in [0.1, 0.15) is 18.9 Å². The maximum absolute atomic E-state index is 12.8. The minimum atomic E-state index is -0.601. The van der Waals surface area contributed by atoms with Gasteiger partial charge < -0.3 is 13.9 Å². The standard InChI is InChI=1S/C27H24N2O5/c1-2-29(15-17-9-11-28-12-10-17)16-22-23(30)8-7-19-20(14-25(31)34-26(19)22)21-13-18-5-3-4-6-24(18)33-27(21)32/h3-9,11-14,17,30H,2,10,15-16H2,1H3. The predicted octanol–water partition coefficient (Wildman–Crippen LogP) is 4.70. The monoisotopic (exact) mass is 456 g/mol. The molecule has 2 aromatic heterocycles. The summed E-state index contributed by atoms with van der Waals surface area (Å²) in [5, 5.41) is 12.0. The number of phenols is 1. The highest BCUT2D eigenvalue weighted by Crippen LogP contribution is 2.34. The largest absolute Gasteiger partial charge is 0.507 e. The van der Waals surface area contributed by atoms with Crippen LogP contribution < -0.4 is 11.3 Å². The number of hydrogen-bond donors (Lipinski definition) is 1. The van der Waals surface area contributed by atoms with E-state index in [-0.39, 0.29) is 16.9 Å². The van der Waals surface area contributed by atoms with E-state index in [0.29, 0.717) is 34.6 Å². The molecule has 1 aliphatic heterocycles. The first kappa shape index (κ1) is 21.9. The third-order valence-corrected chi connectivity index (χ3v) is 6.20. The van der Waals surface area contributed by atoms with E-state index in [9.17, 15) is 14.7 Å². The lowest BCUT2D eigenvalue weighted by Crippen LogP contribution is -2.29. The van der Waals surface area contributed by atoms with Crippen LogP contribution in [0.4, 0.5) is 0 Å². The van der Waals surface area contributed by atoms with Gasteiger partial charge in [-0.1, -0.05) is 31.2 Å². The Balaban J connectivity index is 1.62. The molecule has 7 nitrogen and oxygen atoms in total. The molecule has 0 bridgehead atoms. The maximum Gasteiger partial charge on any atom is 0.344 e. The molecular formula is C27H24N2O5. The summed E-state index contributed by atoms with van der Waals surface area (Å²) in [5.74, 6) is 0.358. The number of aromatic hydroxyl groups is 1. The van der Waals surface area contributed by atoms with E-state index >= 15 is 0 Å². The van der Waals surface area contributed by atoms with E-state index in [1.54, 1.807) is 36.5 Å². The number of nitrogens with zero attached hydrogens (tertiary/aromatic N) is 2. The molecule has 4 aromatic rings. The number of para-hydroxylation sites is 1. The zero-order chi connectivity index (χ0) is 23.7. The third-order valence-electron chi connectivity index (χ3n) is 6.20. The summed E-state index contributed by atoms with van der Waals surface area (Å²) in [7, 11) is 0. The lowest BCUT2D eigenvalue weighted by Gasteiger charge is -2.25. The van der Waals surface area contributed by atoms with E-state index in [0.717, 1.165) is 24.9 Å². The highest BCUT2D eigenvalue weighted by atomic mass is 16.4. The number of fused-ring (bicyclic) bond motifs is 2. The van der Waals surface area contributed by atoms with Gasteiger partial charge in [-0.3, -0.25) is 9.89 Å². The molecular weight excluding hydrogens is 432 g/mol. The van der Waals surface area contributed by atoms with Gasteiger partial charge in [0.05, 0.1) is 11.1 Å². The minimum Gasteiger partial charge on any atom is -0.507 e. The van der Waals surface area contributed by atoms with Crippen molar-refractivity contribution in [2.75, 3.05) is 13.1 Å². The van der Waals surface area contributed by atoms with Crippen LogP contribution in [0.25, 0.3) is 33.1 Å². The van der Waals surface area contributed by atoms with Crippen molar-refractivity contribution in [3.05, 3.63) is 87.2 Å². The number of benzene rings is 2. The fourth-order valence-electron chi connectivity index (χ4n) is 4.40. The minimum absolute atomic E-state index is 0.0394. The number of hydrogen-bond acceptors (Lipinski definition) is 7. The van der Waals surface area contributed by atoms with Gasteiger partial charge in [-0.15, -0.1) is 0 Å². The van der Waals surface area contributed by atoms with E-state index < -0.39 is 11.3 Å². The summed E-state index contributed by atoms with van der Waals surface area (Å²) >= 11 is 0. The summed E-state index contributed by atoms with van der Waals surface area (Å²) < 4.78 is 11.1. The van der Waals surface area contributed by atoms with Crippen LogP contribution in [0.15, 0.2) is 84.2 Å². The van der Waals surface area contributed by atoms with Crippen LogP contribution in [-0.4, -0.2) is 29.3 Å². The quantitative estimate of drug-likeness (QED) is 0.423. The van der Waals surface area contributed by atoms with Crippen molar-refractivity contribution >= 4 is 28.2 Å². The summed E-state index contributed by atoms with van der Waals surface area (Å²) in [5.41, 5.74) is 0.805. The Morgan fingerprint density at radius 1 is 1.09 bits per heavy atom. The van der Waals surface area contributed by atoms with Crippen molar-refractivity contribution in [3.8, 4) is 16.9 Å². The van der Waals surface area contributed by atoms with Gasteiger partial charge in [0.15, 0.2) is 0 Å². The highest BCUT2D eigenvalue weighted by molar-refractivity contribution is 5.97. The molecule has 34 heavy (non-hydrogen) atoms. The first-order valence-corrected chi connectivity index (χ1v) is 11.3. The van der Waals surface area contributed by atoms with Crippen LogP contribution in [-0.2, 0) is 6.54 Å². The predicted molar refractivity (Wildman–Crippen MR) is 132 cm³/mol. The summed E-state index contributed by atoms with van der Waals surface area (Å²) in [6.45, 7) is 3.95. The van der Waals surface area contributed by atoms with Gasteiger partial charge in [0.1, 0.15) is 16.9 Å². The summed E-state index contributed by atoms with van der Waals surface area (Å²) in [6, 6.07) is 13.5. The molecule has 0 aliphatic carbocycles. The van der Waals surface area contributed by atoms with Gasteiger partial charge in [-0.25, -0.2) is 9.59 Å². The zero-order valence-electron chi connectivity index (χ0n) is 18.7. The Morgan fingerprint density at radius 2 is 1.94 bits per heavy atom. The molecule has 1 unspecified atom stereocenters. The molecule has 0 spiro atoms. The lowest BCUT2D eigenvalue weighted by molar-refractivity contribution is 0.250. The Labute approximate surface area is 195 Å². The van der Waals surface area contributed by atoms with Gasteiger partial charge >= 0.3 is 11.3 Å². The van der Waals surface area contributed by atoms with Crippen molar-refractivity contribution in [3.63, 3.8) is 0 Å². The fourth-order valence-corrected chi connectivity index (χ4v) is 4.40. The van der Waals surface area contributed by atoms with Gasteiger partial charge in [-0.05, 0) is 43.1 Å². The van der Waals surface area contributed by atoms with Gasteiger partial charge in [-0.2, -0.15) is 0 Å². The normalized spacial score (nSPS) is 15.5. The van der Waals surface area contributed by atoms with Crippen LogP contribution >= 0.6 is 0 Å². The number of phenolic OH excluding ortho intramolecular Hbond substituents is 1. The molecule has 0 saturated heterocycles. The Morgan fingerprint density at radius 3 is 2.74 bits per heavy atom. The molecule has 0 amide bonds. The average molecular weight is 456 g/mol. The van der Waals surface area contributed by atoms with Crippen molar-refractivity contribution < 1.29 is 13.9 Å². The van der Waals surface area contributed by atoms with E-state index in [4.69, 9.17) is 8.83 Å². The van der Waals surface area contributed by atoms with E-state index in [2.05, 4.69) is 16.0 Å². The molecule has 5 rings (SSSR count). The molecule has 0 radical (unpaired) electrons. The first-order chi connectivity index (χ1) is 16.5. The van der Waals surface area contributed by atoms with Crippen LogP contribution in [0.2, 0.25) is 0 Å². The average Bonchev–Trinajstić information content (AvgIpc) is 2.85. The topological polar surface area (TPSA) is 96.2 Å². The van der Waals surface area contributed by atoms with Gasteiger partial charge in [0.25, 0.3) is 0 Å². The maximum atomic E-state index is 12.8. The van der Waals surface area contributed by atoms with Gasteiger partial charge in [0, 0.05) is 47.9 Å². The number of aliphatic imine (C=N–C) groups is 1. The fraction of sp³-hybridized carbons (Fsp3) is 0.222. The third kappa shape index (κ3) is 4.18. The first-order valence-electron chi connectivity index (χ1n) is 11.3. The molecule has 0 fully saturated rings. The van der Waals surface area contributed by atoms with Crippen molar-refractivity contribution in [2.45, 2.75) is 19.9 Å². The van der Waals surface area contributed by atoms with Crippen molar-refractivity contribution in [2.24, 2.45) is 10.9 Å². The highest BCUT2D eigenvalue weighted by Gasteiger charge is 2.20. The molecule has 3 heterocycles. The van der Waals surface area contributed by atoms with Gasteiger partial charge in [0.2, 0.25) is 0 Å². The van der Waals surface area contributed by atoms with E-state index in [1.807, 2.05) is 25.3 Å². The Kier molecular flexibility index (Phi) is 5.86. The second kappa shape index (κ2) is 9.11. The molecule has 172 valence electrons. The van der Waals surface area contributed by atoms with E-state index in [1.165, 1.54) is 6.07 Å². The SMILES string of the molecule is CCN(Cc1c(O)ccc2c(-c3cc4ccccc4oc3=O)cc(=O)oc12)CC1C=CN=CC1. The zero-order valence-corrected chi connectivity index (χ0v) is 18.7. The van der Waals surface area contributed by atoms with Crippen LogP contribution in [0, 0.1) is 5.92 Å².